The number of hydrogen-bond acceptors (Lipinski definition) is 4. The SMILES string of the molecule is O=C1CC2(C(=O)N1c1ccccc1)C(c1ccc(Cl)cc1)C1CCCN1C21C(=O)Nc2ccccc21. The number of benzene rings is 3. The summed E-state index contributed by atoms with van der Waals surface area (Å²) in [4.78, 5) is 46.4. The van der Waals surface area contributed by atoms with Crippen LogP contribution in [0.2, 0.25) is 5.02 Å². The molecule has 4 unspecified atom stereocenters. The van der Waals surface area contributed by atoms with E-state index >= 15 is 0 Å². The molecule has 7 heteroatoms. The van der Waals surface area contributed by atoms with Crippen LogP contribution in [-0.2, 0) is 19.9 Å². The molecule has 4 heterocycles. The van der Waals surface area contributed by atoms with Crippen molar-refractivity contribution in [1.82, 2.24) is 4.90 Å². The van der Waals surface area contributed by atoms with Crippen LogP contribution < -0.4 is 10.2 Å². The van der Waals surface area contributed by atoms with Gasteiger partial charge < -0.3 is 5.32 Å². The molecule has 7 rings (SSSR count). The highest BCUT2D eigenvalue weighted by atomic mass is 35.5. The third-order valence-electron chi connectivity index (χ3n) is 8.69. The van der Waals surface area contributed by atoms with Crippen LogP contribution in [0.1, 0.15) is 36.3 Å². The summed E-state index contributed by atoms with van der Waals surface area (Å²) >= 11 is 6.24. The lowest BCUT2D eigenvalue weighted by Gasteiger charge is -2.43. The molecule has 6 nitrogen and oxygen atoms in total. The van der Waals surface area contributed by atoms with E-state index in [1.54, 1.807) is 12.1 Å². The van der Waals surface area contributed by atoms with Gasteiger partial charge in [0.1, 0.15) is 5.54 Å². The van der Waals surface area contributed by atoms with E-state index in [0.717, 1.165) is 24.0 Å². The number of nitrogens with one attached hydrogen (secondary N) is 1. The van der Waals surface area contributed by atoms with Crippen molar-refractivity contribution in [3.8, 4) is 0 Å². The van der Waals surface area contributed by atoms with Crippen LogP contribution in [0.3, 0.4) is 0 Å². The first-order valence-electron chi connectivity index (χ1n) is 12.4. The van der Waals surface area contributed by atoms with E-state index in [2.05, 4.69) is 10.2 Å². The molecule has 0 aromatic heterocycles. The van der Waals surface area contributed by atoms with Crippen molar-refractivity contribution in [2.45, 2.75) is 36.8 Å². The average molecular weight is 498 g/mol. The van der Waals surface area contributed by atoms with Crippen molar-refractivity contribution in [3.63, 3.8) is 0 Å². The molecule has 3 fully saturated rings. The van der Waals surface area contributed by atoms with Gasteiger partial charge in [-0.15, -0.1) is 0 Å². The second-order valence-corrected chi connectivity index (χ2v) is 10.6. The number of imide groups is 1. The Morgan fingerprint density at radius 3 is 2.39 bits per heavy atom. The zero-order chi connectivity index (χ0) is 24.7. The minimum atomic E-state index is -1.30. The van der Waals surface area contributed by atoms with Crippen LogP contribution >= 0.6 is 11.6 Å². The van der Waals surface area contributed by atoms with Crippen molar-refractivity contribution >= 4 is 40.7 Å². The standard InChI is InChI=1S/C29H24ClN3O3/c30-19-14-12-18(13-15-19)25-23-11-6-16-32(23)29(21-9-4-5-10-22(21)31-26(29)35)28(25)17-24(34)33(27(28)36)20-7-2-1-3-8-20/h1-5,7-10,12-15,23,25H,6,11,16-17H2,(H,31,35). The van der Waals surface area contributed by atoms with Gasteiger partial charge >= 0.3 is 0 Å². The quantitative estimate of drug-likeness (QED) is 0.521. The van der Waals surface area contributed by atoms with Gasteiger partial charge in [0.15, 0.2) is 0 Å². The Morgan fingerprint density at radius 1 is 0.889 bits per heavy atom. The monoisotopic (exact) mass is 497 g/mol. The molecule has 36 heavy (non-hydrogen) atoms. The molecule has 4 aliphatic heterocycles. The van der Waals surface area contributed by atoms with Gasteiger partial charge in [-0.2, -0.15) is 0 Å². The Kier molecular flexibility index (Phi) is 4.54. The lowest BCUT2D eigenvalue weighted by molar-refractivity contribution is -0.143. The lowest BCUT2D eigenvalue weighted by atomic mass is 9.58. The van der Waals surface area contributed by atoms with Gasteiger partial charge in [0.05, 0.1) is 11.1 Å². The molecule has 3 aromatic rings. The minimum absolute atomic E-state index is 0.0389. The Morgan fingerprint density at radius 2 is 1.61 bits per heavy atom. The van der Waals surface area contributed by atoms with E-state index < -0.39 is 11.0 Å². The molecule has 3 amide bonds. The number of amides is 3. The predicted octanol–water partition coefficient (Wildman–Crippen LogP) is 4.70. The number of fused-ring (bicyclic) bond motifs is 5. The van der Waals surface area contributed by atoms with Gasteiger partial charge in [-0.3, -0.25) is 19.3 Å². The number of hydrogen-bond donors (Lipinski definition) is 1. The van der Waals surface area contributed by atoms with E-state index in [0.29, 0.717) is 22.9 Å². The maximum absolute atomic E-state index is 14.8. The van der Waals surface area contributed by atoms with Crippen molar-refractivity contribution in [1.29, 1.82) is 0 Å². The third kappa shape index (κ3) is 2.48. The maximum Gasteiger partial charge on any atom is 0.250 e. The maximum atomic E-state index is 14.8. The van der Waals surface area contributed by atoms with Crippen molar-refractivity contribution in [2.75, 3.05) is 16.8 Å². The minimum Gasteiger partial charge on any atom is -0.324 e. The summed E-state index contributed by atoms with van der Waals surface area (Å²) in [5, 5.41) is 3.69. The fraction of sp³-hybridized carbons (Fsp3) is 0.276. The van der Waals surface area contributed by atoms with Crippen LogP contribution in [0.15, 0.2) is 78.9 Å². The summed E-state index contributed by atoms with van der Waals surface area (Å²) in [7, 11) is 0. The fourth-order valence-electron chi connectivity index (χ4n) is 7.58. The van der Waals surface area contributed by atoms with Crippen LogP contribution in [0.4, 0.5) is 11.4 Å². The highest BCUT2D eigenvalue weighted by molar-refractivity contribution is 6.30. The van der Waals surface area contributed by atoms with Crippen LogP contribution in [0, 0.1) is 5.41 Å². The zero-order valence-electron chi connectivity index (χ0n) is 19.5. The van der Waals surface area contributed by atoms with E-state index in [1.165, 1.54) is 4.90 Å². The molecule has 4 atom stereocenters. The first kappa shape index (κ1) is 21.8. The number of nitrogens with zero attached hydrogens (tertiary/aromatic N) is 2. The first-order chi connectivity index (χ1) is 17.5. The van der Waals surface area contributed by atoms with Gasteiger partial charge in [-0.25, -0.2) is 4.90 Å². The van der Waals surface area contributed by atoms with Gasteiger partial charge in [0.2, 0.25) is 11.8 Å². The van der Waals surface area contributed by atoms with E-state index in [-0.39, 0.29) is 36.1 Å². The Bertz CT molecular complexity index is 1430. The van der Waals surface area contributed by atoms with Crippen molar-refractivity contribution < 1.29 is 14.4 Å². The van der Waals surface area contributed by atoms with Crippen molar-refractivity contribution in [2.24, 2.45) is 5.41 Å². The molecule has 1 N–H and O–H groups in total. The summed E-state index contributed by atoms with van der Waals surface area (Å²) < 4.78 is 0. The number of carbonyl (C=O) groups is 3. The summed E-state index contributed by atoms with van der Waals surface area (Å²) in [6.45, 7) is 0.686. The molecule has 2 spiro atoms. The number of halogens is 1. The number of para-hydroxylation sites is 2. The van der Waals surface area contributed by atoms with E-state index in [1.807, 2.05) is 66.7 Å². The van der Waals surface area contributed by atoms with E-state index in [4.69, 9.17) is 11.6 Å². The normalized spacial score (nSPS) is 30.9. The summed E-state index contributed by atoms with van der Waals surface area (Å²) in [6, 6.07) is 24.2. The smallest absolute Gasteiger partial charge is 0.250 e. The summed E-state index contributed by atoms with van der Waals surface area (Å²) in [5.74, 6) is -1.15. The Labute approximate surface area is 213 Å². The molecule has 0 saturated carbocycles. The average Bonchev–Trinajstić information content (AvgIpc) is 3.59. The fourth-order valence-corrected chi connectivity index (χ4v) is 7.71. The van der Waals surface area contributed by atoms with Crippen LogP contribution in [-0.4, -0.2) is 35.2 Å². The summed E-state index contributed by atoms with van der Waals surface area (Å²) in [6.07, 6.45) is 1.73. The van der Waals surface area contributed by atoms with Gasteiger partial charge in [0, 0.05) is 34.7 Å². The Hall–Kier alpha value is -3.48. The predicted molar refractivity (Wildman–Crippen MR) is 137 cm³/mol. The third-order valence-corrected chi connectivity index (χ3v) is 8.94. The van der Waals surface area contributed by atoms with Gasteiger partial charge in [-0.05, 0) is 55.3 Å². The molecular weight excluding hydrogens is 474 g/mol. The number of rotatable bonds is 2. The molecular formula is C29H24ClN3O3. The highest BCUT2D eigenvalue weighted by Gasteiger charge is 2.80. The molecule has 0 bridgehead atoms. The molecule has 0 aliphatic carbocycles. The topological polar surface area (TPSA) is 69.7 Å². The van der Waals surface area contributed by atoms with Crippen LogP contribution in [0.25, 0.3) is 0 Å². The summed E-state index contributed by atoms with van der Waals surface area (Å²) in [5.41, 5.74) is 0.396. The zero-order valence-corrected chi connectivity index (χ0v) is 20.2. The van der Waals surface area contributed by atoms with Crippen molar-refractivity contribution in [3.05, 3.63) is 95.0 Å². The molecule has 4 aliphatic rings. The van der Waals surface area contributed by atoms with Gasteiger partial charge in [-0.1, -0.05) is 60.1 Å². The largest absolute Gasteiger partial charge is 0.324 e. The first-order valence-corrected chi connectivity index (χ1v) is 12.7. The van der Waals surface area contributed by atoms with E-state index in [9.17, 15) is 14.4 Å². The van der Waals surface area contributed by atoms with Gasteiger partial charge in [0.25, 0.3) is 5.91 Å². The Balaban J connectivity index is 1.54. The number of anilines is 2. The van der Waals surface area contributed by atoms with Crippen LogP contribution in [0.5, 0.6) is 0 Å². The second kappa shape index (κ2) is 7.51. The number of carbonyl (C=O) groups excluding carboxylic acids is 3. The molecule has 3 saturated heterocycles. The second-order valence-electron chi connectivity index (χ2n) is 10.2. The molecule has 3 aromatic carbocycles. The molecule has 0 radical (unpaired) electrons. The lowest BCUT2D eigenvalue weighted by Crippen LogP contribution is -2.59. The highest BCUT2D eigenvalue weighted by Crippen LogP contribution is 2.70. The molecule has 180 valence electrons.